The Morgan fingerprint density at radius 3 is 2.69 bits per heavy atom. The van der Waals surface area contributed by atoms with Gasteiger partial charge in [0.2, 0.25) is 10.0 Å². The van der Waals surface area contributed by atoms with E-state index in [2.05, 4.69) is 11.6 Å². The first kappa shape index (κ1) is 14.0. The standard InChI is InChI=1S/C12H25NO2S/c1-3-9-16(14,15)13-8-7-12-6-4-5-11(2)10-12/h11-13H,3-10H2,1-2H3. The molecule has 16 heavy (non-hydrogen) atoms. The second-order valence-electron chi connectivity index (χ2n) is 5.14. The highest BCUT2D eigenvalue weighted by atomic mass is 32.2. The van der Waals surface area contributed by atoms with E-state index in [-0.39, 0.29) is 5.75 Å². The van der Waals surface area contributed by atoms with Crippen LogP contribution in [0, 0.1) is 11.8 Å². The highest BCUT2D eigenvalue weighted by Crippen LogP contribution is 2.30. The number of hydrogen-bond donors (Lipinski definition) is 1. The van der Waals surface area contributed by atoms with Crippen LogP contribution in [0.4, 0.5) is 0 Å². The van der Waals surface area contributed by atoms with Gasteiger partial charge in [-0.05, 0) is 31.1 Å². The molecule has 1 fully saturated rings. The molecule has 0 bridgehead atoms. The van der Waals surface area contributed by atoms with Gasteiger partial charge in [0.1, 0.15) is 0 Å². The van der Waals surface area contributed by atoms with Crippen molar-refractivity contribution in [1.82, 2.24) is 4.72 Å². The predicted molar refractivity (Wildman–Crippen MR) is 67.8 cm³/mol. The first-order valence-corrected chi connectivity index (χ1v) is 8.16. The molecular weight excluding hydrogens is 222 g/mol. The van der Waals surface area contributed by atoms with Crippen molar-refractivity contribution in [3.8, 4) is 0 Å². The van der Waals surface area contributed by atoms with Crippen LogP contribution >= 0.6 is 0 Å². The summed E-state index contributed by atoms with van der Waals surface area (Å²) in [5, 5.41) is 0. The molecule has 0 saturated heterocycles. The van der Waals surface area contributed by atoms with E-state index in [0.717, 1.165) is 18.3 Å². The van der Waals surface area contributed by atoms with Crippen LogP contribution in [0.15, 0.2) is 0 Å². The summed E-state index contributed by atoms with van der Waals surface area (Å²) in [6.07, 6.45) is 6.91. The molecule has 1 rings (SSSR count). The van der Waals surface area contributed by atoms with Crippen molar-refractivity contribution >= 4 is 10.0 Å². The third kappa shape index (κ3) is 5.30. The maximum Gasteiger partial charge on any atom is 0.211 e. The maximum absolute atomic E-state index is 11.4. The van der Waals surface area contributed by atoms with E-state index < -0.39 is 10.0 Å². The van der Waals surface area contributed by atoms with Gasteiger partial charge in [-0.1, -0.05) is 33.1 Å². The van der Waals surface area contributed by atoms with E-state index >= 15 is 0 Å². The van der Waals surface area contributed by atoms with Gasteiger partial charge < -0.3 is 0 Å². The molecule has 2 unspecified atom stereocenters. The number of nitrogens with one attached hydrogen (secondary N) is 1. The van der Waals surface area contributed by atoms with Crippen molar-refractivity contribution in [1.29, 1.82) is 0 Å². The molecule has 0 heterocycles. The molecule has 4 heteroatoms. The van der Waals surface area contributed by atoms with Crippen molar-refractivity contribution in [3.63, 3.8) is 0 Å². The molecule has 0 amide bonds. The number of sulfonamides is 1. The Labute approximate surface area is 100 Å². The third-order valence-electron chi connectivity index (χ3n) is 3.39. The smallest absolute Gasteiger partial charge is 0.211 e. The second-order valence-corrected chi connectivity index (χ2v) is 7.07. The van der Waals surface area contributed by atoms with Gasteiger partial charge in [0.05, 0.1) is 5.75 Å². The molecule has 0 aromatic carbocycles. The molecule has 1 saturated carbocycles. The minimum atomic E-state index is -3.00. The maximum atomic E-state index is 11.4. The molecule has 0 aromatic heterocycles. The Morgan fingerprint density at radius 2 is 2.06 bits per heavy atom. The summed E-state index contributed by atoms with van der Waals surface area (Å²) < 4.78 is 25.5. The lowest BCUT2D eigenvalue weighted by atomic mass is 9.81. The van der Waals surface area contributed by atoms with Crippen LogP contribution in [0.1, 0.15) is 52.4 Å². The van der Waals surface area contributed by atoms with Gasteiger partial charge in [-0.3, -0.25) is 0 Å². The quantitative estimate of drug-likeness (QED) is 0.784. The average Bonchev–Trinajstić information content (AvgIpc) is 2.17. The molecule has 0 spiro atoms. The lowest BCUT2D eigenvalue weighted by Gasteiger charge is -2.26. The summed E-state index contributed by atoms with van der Waals surface area (Å²) in [4.78, 5) is 0. The van der Waals surface area contributed by atoms with Crippen LogP contribution in [0.3, 0.4) is 0 Å². The minimum absolute atomic E-state index is 0.258. The fourth-order valence-electron chi connectivity index (χ4n) is 2.58. The van der Waals surface area contributed by atoms with Crippen LogP contribution < -0.4 is 4.72 Å². The lowest BCUT2D eigenvalue weighted by Crippen LogP contribution is -2.29. The summed E-state index contributed by atoms with van der Waals surface area (Å²) in [6.45, 7) is 4.81. The average molecular weight is 247 g/mol. The van der Waals surface area contributed by atoms with E-state index in [9.17, 15) is 8.42 Å². The Bertz CT molecular complexity index is 287. The summed E-state index contributed by atoms with van der Waals surface area (Å²) in [7, 11) is -3.00. The molecule has 2 atom stereocenters. The number of hydrogen-bond acceptors (Lipinski definition) is 2. The van der Waals surface area contributed by atoms with Crippen molar-refractivity contribution in [2.24, 2.45) is 11.8 Å². The summed E-state index contributed by atoms with van der Waals surface area (Å²) in [5.74, 6) is 1.81. The normalized spacial score (nSPS) is 26.9. The first-order chi connectivity index (χ1) is 7.53. The summed E-state index contributed by atoms with van der Waals surface area (Å²) in [5.41, 5.74) is 0. The Balaban J connectivity index is 2.19. The van der Waals surface area contributed by atoms with Gasteiger partial charge in [0.25, 0.3) is 0 Å². The van der Waals surface area contributed by atoms with Gasteiger partial charge in [-0.2, -0.15) is 0 Å². The molecule has 0 aromatic rings. The van der Waals surface area contributed by atoms with Gasteiger partial charge in [0, 0.05) is 6.54 Å². The van der Waals surface area contributed by atoms with E-state index in [1.54, 1.807) is 0 Å². The predicted octanol–water partition coefficient (Wildman–Crippen LogP) is 2.53. The largest absolute Gasteiger partial charge is 0.215 e. The Kier molecular flexibility index (Phi) is 5.76. The molecule has 1 aliphatic rings. The molecule has 0 aliphatic heterocycles. The molecule has 1 N–H and O–H groups in total. The lowest BCUT2D eigenvalue weighted by molar-refractivity contribution is 0.271. The Morgan fingerprint density at radius 1 is 1.31 bits per heavy atom. The highest BCUT2D eigenvalue weighted by Gasteiger charge is 2.19. The van der Waals surface area contributed by atoms with Gasteiger partial charge in [0.15, 0.2) is 0 Å². The van der Waals surface area contributed by atoms with Crippen molar-refractivity contribution in [2.45, 2.75) is 52.4 Å². The monoisotopic (exact) mass is 247 g/mol. The topological polar surface area (TPSA) is 46.2 Å². The first-order valence-electron chi connectivity index (χ1n) is 6.51. The van der Waals surface area contributed by atoms with Crippen LogP contribution in [0.5, 0.6) is 0 Å². The molecule has 96 valence electrons. The fraction of sp³-hybridized carbons (Fsp3) is 1.00. The van der Waals surface area contributed by atoms with Crippen LogP contribution in [-0.2, 0) is 10.0 Å². The van der Waals surface area contributed by atoms with Crippen LogP contribution in [0.2, 0.25) is 0 Å². The molecule has 1 aliphatic carbocycles. The summed E-state index contributed by atoms with van der Waals surface area (Å²) in [6, 6.07) is 0. The fourth-order valence-corrected chi connectivity index (χ4v) is 3.69. The minimum Gasteiger partial charge on any atom is -0.215 e. The molecule has 3 nitrogen and oxygen atoms in total. The zero-order valence-corrected chi connectivity index (χ0v) is 11.4. The van der Waals surface area contributed by atoms with Crippen LogP contribution in [-0.4, -0.2) is 20.7 Å². The van der Waals surface area contributed by atoms with E-state index in [0.29, 0.717) is 13.0 Å². The number of rotatable bonds is 6. The van der Waals surface area contributed by atoms with E-state index in [4.69, 9.17) is 0 Å². The molecular formula is C12H25NO2S. The zero-order chi connectivity index (χ0) is 12.0. The van der Waals surface area contributed by atoms with E-state index in [1.165, 1.54) is 25.7 Å². The molecule has 0 radical (unpaired) electrons. The van der Waals surface area contributed by atoms with Crippen molar-refractivity contribution < 1.29 is 8.42 Å². The van der Waals surface area contributed by atoms with Gasteiger partial charge in [-0.15, -0.1) is 0 Å². The Hall–Kier alpha value is -0.0900. The van der Waals surface area contributed by atoms with Crippen molar-refractivity contribution in [2.75, 3.05) is 12.3 Å². The van der Waals surface area contributed by atoms with Crippen LogP contribution in [0.25, 0.3) is 0 Å². The van der Waals surface area contributed by atoms with E-state index in [1.807, 2.05) is 6.92 Å². The van der Waals surface area contributed by atoms with Gasteiger partial charge >= 0.3 is 0 Å². The zero-order valence-electron chi connectivity index (χ0n) is 10.5. The second kappa shape index (κ2) is 6.60. The summed E-state index contributed by atoms with van der Waals surface area (Å²) >= 11 is 0. The van der Waals surface area contributed by atoms with Crippen molar-refractivity contribution in [3.05, 3.63) is 0 Å². The third-order valence-corrected chi connectivity index (χ3v) is 4.98. The van der Waals surface area contributed by atoms with Gasteiger partial charge in [-0.25, -0.2) is 13.1 Å². The SMILES string of the molecule is CCCS(=O)(=O)NCCC1CCCC(C)C1. The highest BCUT2D eigenvalue weighted by molar-refractivity contribution is 7.89.